The third kappa shape index (κ3) is 2.94. The molecule has 0 amide bonds. The van der Waals surface area contributed by atoms with E-state index in [4.69, 9.17) is 20.4 Å². The fourth-order valence-electron chi connectivity index (χ4n) is 4.86. The second kappa shape index (κ2) is 6.82. The highest BCUT2D eigenvalue weighted by molar-refractivity contribution is 5.39. The van der Waals surface area contributed by atoms with Crippen molar-refractivity contribution in [3.05, 3.63) is 17.0 Å². The van der Waals surface area contributed by atoms with E-state index in [0.717, 1.165) is 56.8 Å². The molecular formula is C19H30N4O2. The van der Waals surface area contributed by atoms with Crippen molar-refractivity contribution >= 4 is 5.95 Å². The van der Waals surface area contributed by atoms with Crippen molar-refractivity contribution in [3.63, 3.8) is 0 Å². The molecular weight excluding hydrogens is 316 g/mol. The van der Waals surface area contributed by atoms with Gasteiger partial charge in [-0.05, 0) is 51.0 Å². The number of fused-ring (bicyclic) bond motifs is 1. The first kappa shape index (κ1) is 17.2. The summed E-state index contributed by atoms with van der Waals surface area (Å²) >= 11 is 0. The van der Waals surface area contributed by atoms with Crippen LogP contribution in [-0.4, -0.2) is 53.5 Å². The second-order valence-corrected chi connectivity index (χ2v) is 7.86. The first-order chi connectivity index (χ1) is 12.1. The van der Waals surface area contributed by atoms with Crippen LogP contribution in [0.1, 0.15) is 49.1 Å². The van der Waals surface area contributed by atoms with Crippen molar-refractivity contribution < 1.29 is 9.84 Å². The molecule has 1 saturated carbocycles. The van der Waals surface area contributed by atoms with Gasteiger partial charge in [-0.25, -0.2) is 9.97 Å². The lowest BCUT2D eigenvalue weighted by atomic mass is 9.58. The van der Waals surface area contributed by atoms with Crippen LogP contribution in [0.4, 0.5) is 5.95 Å². The lowest BCUT2D eigenvalue weighted by Gasteiger charge is -2.56. The molecule has 4 rings (SSSR count). The van der Waals surface area contributed by atoms with Crippen molar-refractivity contribution in [1.29, 1.82) is 0 Å². The van der Waals surface area contributed by atoms with Gasteiger partial charge in [-0.1, -0.05) is 0 Å². The summed E-state index contributed by atoms with van der Waals surface area (Å²) in [6.45, 7) is 5.01. The number of nitrogens with zero attached hydrogens (tertiary/aromatic N) is 3. The second-order valence-electron chi connectivity index (χ2n) is 7.86. The molecule has 25 heavy (non-hydrogen) atoms. The Kier molecular flexibility index (Phi) is 4.69. The zero-order valence-corrected chi connectivity index (χ0v) is 15.2. The Bertz CT molecular complexity index is 628. The minimum Gasteiger partial charge on any atom is -0.392 e. The molecule has 2 atom stereocenters. The van der Waals surface area contributed by atoms with Crippen LogP contribution in [0.2, 0.25) is 0 Å². The Morgan fingerprint density at radius 3 is 2.72 bits per heavy atom. The van der Waals surface area contributed by atoms with E-state index in [1.165, 1.54) is 24.1 Å². The van der Waals surface area contributed by atoms with Crippen LogP contribution < -0.4 is 10.6 Å². The van der Waals surface area contributed by atoms with Gasteiger partial charge in [0, 0.05) is 42.9 Å². The molecule has 1 aliphatic heterocycles. The smallest absolute Gasteiger partial charge is 0.225 e. The molecule has 0 aromatic carbocycles. The van der Waals surface area contributed by atoms with E-state index in [2.05, 4.69) is 11.8 Å². The van der Waals surface area contributed by atoms with Crippen LogP contribution in [0, 0.1) is 12.3 Å². The summed E-state index contributed by atoms with van der Waals surface area (Å²) < 4.78 is 5.89. The minimum atomic E-state index is -0.247. The number of aromatic nitrogens is 2. The maximum atomic E-state index is 10.4. The van der Waals surface area contributed by atoms with Crippen LogP contribution in [-0.2, 0) is 17.6 Å². The number of nitrogens with two attached hydrogens (primary N) is 1. The molecule has 2 unspecified atom stereocenters. The number of aliphatic hydroxyl groups is 1. The number of anilines is 1. The number of hydrogen-bond acceptors (Lipinski definition) is 6. The molecule has 3 N–H and O–H groups in total. The quantitative estimate of drug-likeness (QED) is 0.856. The zero-order valence-electron chi connectivity index (χ0n) is 15.2. The van der Waals surface area contributed by atoms with E-state index in [9.17, 15) is 5.11 Å². The fourth-order valence-corrected chi connectivity index (χ4v) is 4.86. The average molecular weight is 346 g/mol. The molecule has 0 radical (unpaired) electrons. The molecule has 2 fully saturated rings. The van der Waals surface area contributed by atoms with Gasteiger partial charge in [0.25, 0.3) is 0 Å². The van der Waals surface area contributed by atoms with Gasteiger partial charge in [-0.3, -0.25) is 0 Å². The van der Waals surface area contributed by atoms with Gasteiger partial charge in [-0.2, -0.15) is 0 Å². The summed E-state index contributed by atoms with van der Waals surface area (Å²) in [5, 5.41) is 10.4. The van der Waals surface area contributed by atoms with Gasteiger partial charge in [0.1, 0.15) is 0 Å². The fraction of sp³-hybridized carbons (Fsp3) is 0.789. The van der Waals surface area contributed by atoms with Gasteiger partial charge in [0.15, 0.2) is 0 Å². The molecule has 2 heterocycles. The maximum Gasteiger partial charge on any atom is 0.225 e. The monoisotopic (exact) mass is 346 g/mol. The molecule has 6 heteroatoms. The van der Waals surface area contributed by atoms with Crippen LogP contribution in [0.25, 0.3) is 0 Å². The van der Waals surface area contributed by atoms with Gasteiger partial charge >= 0.3 is 0 Å². The number of ether oxygens (including phenoxy) is 1. The van der Waals surface area contributed by atoms with Crippen LogP contribution in [0.3, 0.4) is 0 Å². The van der Waals surface area contributed by atoms with Crippen molar-refractivity contribution in [2.45, 2.75) is 64.1 Å². The molecule has 138 valence electrons. The topological polar surface area (TPSA) is 84.5 Å². The number of aliphatic hydroxyl groups excluding tert-OH is 1. The van der Waals surface area contributed by atoms with E-state index in [1.807, 2.05) is 0 Å². The zero-order chi connectivity index (χ0) is 17.4. The molecule has 3 aliphatic rings. The van der Waals surface area contributed by atoms with Crippen molar-refractivity contribution in [1.82, 2.24) is 9.97 Å². The first-order valence-electron chi connectivity index (χ1n) is 9.75. The summed E-state index contributed by atoms with van der Waals surface area (Å²) in [7, 11) is 0. The highest BCUT2D eigenvalue weighted by Crippen LogP contribution is 2.51. The summed E-state index contributed by atoms with van der Waals surface area (Å²) in [6, 6.07) is 0. The molecule has 1 aromatic heterocycles. The first-order valence-corrected chi connectivity index (χ1v) is 9.75. The molecule has 1 spiro atoms. The molecule has 2 aliphatic carbocycles. The van der Waals surface area contributed by atoms with E-state index in [0.29, 0.717) is 13.2 Å². The maximum absolute atomic E-state index is 10.4. The summed E-state index contributed by atoms with van der Waals surface area (Å²) in [6.07, 6.45) is 7.21. The number of piperidine rings is 1. The van der Waals surface area contributed by atoms with Crippen LogP contribution >= 0.6 is 0 Å². The minimum absolute atomic E-state index is 0.0884. The van der Waals surface area contributed by atoms with Gasteiger partial charge in [0.05, 0.1) is 18.8 Å². The average Bonchev–Trinajstić information content (AvgIpc) is 2.65. The van der Waals surface area contributed by atoms with Crippen molar-refractivity contribution in [2.24, 2.45) is 11.1 Å². The number of rotatable bonds is 4. The Labute approximate surface area is 149 Å². The Hall–Kier alpha value is -1.24. The van der Waals surface area contributed by atoms with Crippen LogP contribution in [0.15, 0.2) is 0 Å². The predicted octanol–water partition coefficient (Wildman–Crippen LogP) is 1.36. The molecule has 6 nitrogen and oxygen atoms in total. The number of hydrogen-bond donors (Lipinski definition) is 2. The summed E-state index contributed by atoms with van der Waals surface area (Å²) in [5.74, 6) is 0.876. The Morgan fingerprint density at radius 2 is 2.00 bits per heavy atom. The molecule has 1 saturated heterocycles. The van der Waals surface area contributed by atoms with Crippen molar-refractivity contribution in [2.75, 3.05) is 31.1 Å². The van der Waals surface area contributed by atoms with Gasteiger partial charge in [0.2, 0.25) is 5.95 Å². The van der Waals surface area contributed by atoms with E-state index >= 15 is 0 Å². The summed E-state index contributed by atoms with van der Waals surface area (Å²) in [5.41, 5.74) is 9.24. The lowest BCUT2D eigenvalue weighted by Crippen LogP contribution is -2.62. The third-order valence-electron chi connectivity index (χ3n) is 6.53. The Morgan fingerprint density at radius 1 is 1.24 bits per heavy atom. The van der Waals surface area contributed by atoms with Crippen LogP contribution in [0.5, 0.6) is 0 Å². The number of aryl methyl sites for hydroxylation is 2. The van der Waals surface area contributed by atoms with E-state index in [-0.39, 0.29) is 17.6 Å². The van der Waals surface area contributed by atoms with Gasteiger partial charge in [-0.15, -0.1) is 0 Å². The SMILES string of the molecule is Cc1nc(N2CCC3(CC2)C(O)CC3OCCN)nc2c1CCCC2. The summed E-state index contributed by atoms with van der Waals surface area (Å²) in [4.78, 5) is 12.0. The lowest BCUT2D eigenvalue weighted by molar-refractivity contribution is -0.200. The normalized spacial score (nSPS) is 27.9. The molecule has 0 bridgehead atoms. The predicted molar refractivity (Wildman–Crippen MR) is 96.7 cm³/mol. The highest BCUT2D eigenvalue weighted by Gasteiger charge is 2.56. The van der Waals surface area contributed by atoms with Crippen molar-refractivity contribution in [3.8, 4) is 0 Å². The van der Waals surface area contributed by atoms with E-state index < -0.39 is 0 Å². The highest BCUT2D eigenvalue weighted by atomic mass is 16.5. The van der Waals surface area contributed by atoms with E-state index in [1.54, 1.807) is 0 Å². The standard InChI is InChI=1S/C19H30N4O2/c1-13-14-4-2-3-5-15(14)22-18(21-13)23-9-6-19(7-10-23)16(24)12-17(19)25-11-8-20/h16-17,24H,2-12,20H2,1H3. The largest absolute Gasteiger partial charge is 0.392 e. The Balaban J connectivity index is 1.46. The third-order valence-corrected chi connectivity index (χ3v) is 6.53. The molecule has 1 aromatic rings. The van der Waals surface area contributed by atoms with Gasteiger partial charge < -0.3 is 20.5 Å².